The van der Waals surface area contributed by atoms with E-state index in [1.807, 2.05) is 13.8 Å². The highest BCUT2D eigenvalue weighted by molar-refractivity contribution is 7.90. The molecule has 1 atom stereocenters. The van der Waals surface area contributed by atoms with Gasteiger partial charge < -0.3 is 9.64 Å². The summed E-state index contributed by atoms with van der Waals surface area (Å²) in [6.45, 7) is 5.09. The van der Waals surface area contributed by atoms with Crippen LogP contribution in [0.1, 0.15) is 25.5 Å². The molecule has 2 rings (SSSR count). The van der Waals surface area contributed by atoms with Crippen LogP contribution in [0.4, 0.5) is 9.80 Å². The first kappa shape index (κ1) is 17.2. The standard InChI is InChI=1S/C13H21N3O4S2/c1-9(2)11-12(21-8-14-11)15-13(17)16-4-5-20-10(6-16)7-22(3,18)19/h8-10H,4-7H2,1-3H3,(H,15,17). The summed E-state index contributed by atoms with van der Waals surface area (Å²) in [5.74, 6) is 0.151. The average molecular weight is 347 g/mol. The average Bonchev–Trinajstić information content (AvgIpc) is 2.85. The van der Waals surface area contributed by atoms with Gasteiger partial charge in [-0.15, -0.1) is 11.3 Å². The molecule has 7 nitrogen and oxygen atoms in total. The normalized spacial score (nSPS) is 19.5. The molecule has 0 saturated carbocycles. The van der Waals surface area contributed by atoms with Crippen molar-refractivity contribution in [2.24, 2.45) is 0 Å². The first-order valence-corrected chi connectivity index (χ1v) is 9.99. The fraction of sp³-hybridized carbons (Fsp3) is 0.692. The molecule has 1 aliphatic rings. The summed E-state index contributed by atoms with van der Waals surface area (Å²) >= 11 is 1.38. The molecular weight excluding hydrogens is 326 g/mol. The van der Waals surface area contributed by atoms with Gasteiger partial charge in [0.25, 0.3) is 0 Å². The third kappa shape index (κ3) is 4.65. The number of morpholine rings is 1. The summed E-state index contributed by atoms with van der Waals surface area (Å²) in [4.78, 5) is 18.2. The van der Waals surface area contributed by atoms with Crippen molar-refractivity contribution < 1.29 is 17.9 Å². The number of ether oxygens (including phenoxy) is 1. The third-order valence-corrected chi connectivity index (χ3v) is 5.01. The molecule has 0 aromatic carbocycles. The summed E-state index contributed by atoms with van der Waals surface area (Å²) in [6.07, 6.45) is 0.697. The topological polar surface area (TPSA) is 88.6 Å². The molecular formula is C13H21N3O4S2. The Morgan fingerprint density at radius 1 is 1.59 bits per heavy atom. The number of hydrogen-bond donors (Lipinski definition) is 1. The molecule has 0 bridgehead atoms. The Bertz CT molecular complexity index is 627. The fourth-order valence-electron chi connectivity index (χ4n) is 2.28. The highest BCUT2D eigenvalue weighted by Crippen LogP contribution is 2.27. The summed E-state index contributed by atoms with van der Waals surface area (Å²) in [7, 11) is -3.13. The van der Waals surface area contributed by atoms with Crippen molar-refractivity contribution >= 4 is 32.2 Å². The second-order valence-electron chi connectivity index (χ2n) is 5.68. The number of amides is 2. The number of nitrogens with zero attached hydrogens (tertiary/aromatic N) is 2. The Kier molecular flexibility index (Phi) is 5.41. The zero-order chi connectivity index (χ0) is 16.3. The number of nitrogens with one attached hydrogen (secondary N) is 1. The molecule has 1 unspecified atom stereocenters. The molecule has 0 radical (unpaired) electrons. The molecule has 1 fully saturated rings. The number of hydrogen-bond acceptors (Lipinski definition) is 6. The van der Waals surface area contributed by atoms with Crippen molar-refractivity contribution in [2.75, 3.05) is 37.0 Å². The summed E-state index contributed by atoms with van der Waals surface area (Å²) < 4.78 is 28.1. The summed E-state index contributed by atoms with van der Waals surface area (Å²) in [5, 5.41) is 3.60. The molecule has 1 aliphatic heterocycles. The van der Waals surface area contributed by atoms with Crippen molar-refractivity contribution in [3.63, 3.8) is 0 Å². The maximum Gasteiger partial charge on any atom is 0.322 e. The van der Waals surface area contributed by atoms with Gasteiger partial charge in [-0.3, -0.25) is 5.32 Å². The van der Waals surface area contributed by atoms with E-state index in [2.05, 4.69) is 10.3 Å². The van der Waals surface area contributed by atoms with Crippen LogP contribution in [0.5, 0.6) is 0 Å². The number of carbonyl (C=O) groups is 1. The number of sulfone groups is 1. The van der Waals surface area contributed by atoms with E-state index in [1.165, 1.54) is 17.6 Å². The maximum absolute atomic E-state index is 12.3. The van der Waals surface area contributed by atoms with Gasteiger partial charge >= 0.3 is 6.03 Å². The fourth-order valence-corrected chi connectivity index (χ4v) is 3.98. The Balaban J connectivity index is 1.98. The third-order valence-electron chi connectivity index (χ3n) is 3.28. The lowest BCUT2D eigenvalue weighted by atomic mass is 10.1. The minimum atomic E-state index is -3.13. The van der Waals surface area contributed by atoms with E-state index >= 15 is 0 Å². The number of thiazole rings is 1. The van der Waals surface area contributed by atoms with Gasteiger partial charge in [-0.2, -0.15) is 0 Å². The number of rotatable bonds is 4. The number of urea groups is 1. The maximum atomic E-state index is 12.3. The van der Waals surface area contributed by atoms with Gasteiger partial charge in [0.1, 0.15) is 14.8 Å². The first-order chi connectivity index (χ1) is 10.3. The molecule has 1 saturated heterocycles. The highest BCUT2D eigenvalue weighted by atomic mass is 32.2. The molecule has 124 valence electrons. The van der Waals surface area contributed by atoms with E-state index in [9.17, 15) is 13.2 Å². The van der Waals surface area contributed by atoms with Gasteiger partial charge in [0.15, 0.2) is 0 Å². The zero-order valence-corrected chi connectivity index (χ0v) is 14.5. The molecule has 0 spiro atoms. The van der Waals surface area contributed by atoms with Gasteiger partial charge in [0, 0.05) is 19.3 Å². The van der Waals surface area contributed by atoms with Gasteiger partial charge in [-0.05, 0) is 5.92 Å². The van der Waals surface area contributed by atoms with Gasteiger partial charge in [-0.1, -0.05) is 13.8 Å². The van der Waals surface area contributed by atoms with Crippen LogP contribution in [0.2, 0.25) is 0 Å². The number of anilines is 1. The van der Waals surface area contributed by atoms with Crippen molar-refractivity contribution in [3.8, 4) is 0 Å². The lowest BCUT2D eigenvalue weighted by Crippen LogP contribution is -2.49. The number of aromatic nitrogens is 1. The quantitative estimate of drug-likeness (QED) is 0.892. The molecule has 2 heterocycles. The van der Waals surface area contributed by atoms with E-state index in [0.717, 1.165) is 10.7 Å². The van der Waals surface area contributed by atoms with Crippen LogP contribution < -0.4 is 5.32 Å². The molecule has 1 aromatic heterocycles. The zero-order valence-electron chi connectivity index (χ0n) is 12.9. The van der Waals surface area contributed by atoms with Gasteiger partial charge in [0.2, 0.25) is 0 Å². The van der Waals surface area contributed by atoms with Crippen LogP contribution in [-0.4, -0.2) is 62.1 Å². The smallest absolute Gasteiger partial charge is 0.322 e. The van der Waals surface area contributed by atoms with Crippen LogP contribution in [0.3, 0.4) is 0 Å². The van der Waals surface area contributed by atoms with E-state index in [4.69, 9.17) is 4.74 Å². The van der Waals surface area contributed by atoms with Crippen LogP contribution in [0.25, 0.3) is 0 Å². The van der Waals surface area contributed by atoms with Crippen molar-refractivity contribution in [1.82, 2.24) is 9.88 Å². The Labute approximate surface area is 134 Å². The lowest BCUT2D eigenvalue weighted by Gasteiger charge is -2.32. The lowest BCUT2D eigenvalue weighted by molar-refractivity contribution is 0.000467. The molecule has 9 heteroatoms. The summed E-state index contributed by atoms with van der Waals surface area (Å²) in [6, 6.07) is -0.243. The highest BCUT2D eigenvalue weighted by Gasteiger charge is 2.27. The van der Waals surface area contributed by atoms with Crippen LogP contribution in [0.15, 0.2) is 5.51 Å². The van der Waals surface area contributed by atoms with Gasteiger partial charge in [0.05, 0.1) is 29.7 Å². The van der Waals surface area contributed by atoms with Crippen LogP contribution in [-0.2, 0) is 14.6 Å². The second-order valence-corrected chi connectivity index (χ2v) is 8.72. The molecule has 2 amide bonds. The van der Waals surface area contributed by atoms with Crippen molar-refractivity contribution in [3.05, 3.63) is 11.2 Å². The largest absolute Gasteiger partial charge is 0.373 e. The van der Waals surface area contributed by atoms with E-state index in [-0.39, 0.29) is 24.2 Å². The minimum Gasteiger partial charge on any atom is -0.373 e. The molecule has 1 N–H and O–H groups in total. The second kappa shape index (κ2) is 6.93. The monoisotopic (exact) mass is 347 g/mol. The Hall–Kier alpha value is -1.19. The summed E-state index contributed by atoms with van der Waals surface area (Å²) in [5.41, 5.74) is 2.57. The molecule has 22 heavy (non-hydrogen) atoms. The van der Waals surface area contributed by atoms with E-state index in [1.54, 1.807) is 10.4 Å². The SMILES string of the molecule is CC(C)c1ncsc1NC(=O)N1CCOC(CS(C)(=O)=O)C1. The van der Waals surface area contributed by atoms with E-state index < -0.39 is 15.9 Å². The number of carbonyl (C=O) groups excluding carboxylic acids is 1. The van der Waals surface area contributed by atoms with Gasteiger partial charge in [-0.25, -0.2) is 18.2 Å². The molecule has 1 aromatic rings. The predicted octanol–water partition coefficient (Wildman–Crippen LogP) is 1.54. The van der Waals surface area contributed by atoms with Crippen LogP contribution >= 0.6 is 11.3 Å². The van der Waals surface area contributed by atoms with Crippen molar-refractivity contribution in [1.29, 1.82) is 0 Å². The van der Waals surface area contributed by atoms with Crippen molar-refractivity contribution in [2.45, 2.75) is 25.9 Å². The molecule has 0 aliphatic carbocycles. The minimum absolute atomic E-state index is 0.0748. The first-order valence-electron chi connectivity index (χ1n) is 7.05. The van der Waals surface area contributed by atoms with Crippen LogP contribution in [0, 0.1) is 0 Å². The Morgan fingerprint density at radius 2 is 2.32 bits per heavy atom. The predicted molar refractivity (Wildman–Crippen MR) is 86.2 cm³/mol. The van der Waals surface area contributed by atoms with E-state index in [0.29, 0.717) is 13.2 Å². The Morgan fingerprint density at radius 3 is 2.95 bits per heavy atom.